The smallest absolute Gasteiger partial charge is 0.232 e. The molecule has 0 saturated carbocycles. The molecule has 0 heterocycles. The molecule has 0 radical (unpaired) electrons. The van der Waals surface area contributed by atoms with Crippen LogP contribution in [0.3, 0.4) is 0 Å². The van der Waals surface area contributed by atoms with Gasteiger partial charge in [-0.1, -0.05) is 60.7 Å². The first-order valence-corrected chi connectivity index (χ1v) is 9.29. The third-order valence-electron chi connectivity index (χ3n) is 4.81. The van der Waals surface area contributed by atoms with Crippen LogP contribution in [0.1, 0.15) is 23.3 Å². The summed E-state index contributed by atoms with van der Waals surface area (Å²) in [4.78, 5) is 24.8. The lowest BCUT2D eigenvalue weighted by atomic mass is 9.92. The van der Waals surface area contributed by atoms with Crippen LogP contribution in [-0.4, -0.2) is 70.6 Å². The summed E-state index contributed by atoms with van der Waals surface area (Å²) in [6, 6.07) is 16.7. The van der Waals surface area contributed by atoms with E-state index < -0.39 is 48.2 Å². The standard InChI is InChI=1S/C22H26O8/c1-29-21(13-9-5-3-6-10-13)19(27)17(25)15(23)16(24)18(26)20(28)22(30-2)14-11-7-4-8-12-14/h3-12,17-22,25-28H,1-2H3/t17-,18+,19?,20?,21?,22?. The van der Waals surface area contributed by atoms with Crippen LogP contribution in [0.15, 0.2) is 60.7 Å². The Balaban J connectivity index is 2.13. The summed E-state index contributed by atoms with van der Waals surface area (Å²) in [5.74, 6) is -2.90. The Kier molecular flexibility index (Phi) is 8.79. The van der Waals surface area contributed by atoms with Crippen LogP contribution in [0.2, 0.25) is 0 Å². The minimum absolute atomic E-state index is 0.482. The first-order chi connectivity index (χ1) is 14.3. The summed E-state index contributed by atoms with van der Waals surface area (Å²) in [5.41, 5.74) is 0.965. The van der Waals surface area contributed by atoms with Crippen molar-refractivity contribution in [2.24, 2.45) is 0 Å². The first-order valence-electron chi connectivity index (χ1n) is 9.29. The summed E-state index contributed by atoms with van der Waals surface area (Å²) >= 11 is 0. The molecule has 0 saturated heterocycles. The predicted molar refractivity (Wildman–Crippen MR) is 106 cm³/mol. The third-order valence-corrected chi connectivity index (χ3v) is 4.81. The third kappa shape index (κ3) is 5.37. The average Bonchev–Trinajstić information content (AvgIpc) is 2.79. The number of Topliss-reactive ketones (excluding diaryl/α,β-unsaturated/α-hetero) is 2. The van der Waals surface area contributed by atoms with Crippen molar-refractivity contribution in [1.29, 1.82) is 0 Å². The number of ketones is 2. The predicted octanol–water partition coefficient (Wildman–Crippen LogP) is 0.344. The minimum Gasteiger partial charge on any atom is -0.387 e. The maximum Gasteiger partial charge on any atom is 0.232 e. The molecule has 4 N–H and O–H groups in total. The highest BCUT2D eigenvalue weighted by Crippen LogP contribution is 2.25. The van der Waals surface area contributed by atoms with Gasteiger partial charge < -0.3 is 29.9 Å². The van der Waals surface area contributed by atoms with Gasteiger partial charge in [0.2, 0.25) is 11.6 Å². The van der Waals surface area contributed by atoms with Crippen molar-refractivity contribution in [1.82, 2.24) is 0 Å². The Morgan fingerprint density at radius 2 is 0.933 bits per heavy atom. The van der Waals surface area contributed by atoms with Gasteiger partial charge >= 0.3 is 0 Å². The molecule has 0 amide bonds. The molecule has 0 aromatic heterocycles. The summed E-state index contributed by atoms with van der Waals surface area (Å²) in [6.07, 6.45) is -10.0. The molecule has 162 valence electrons. The number of aliphatic hydroxyl groups is 4. The highest BCUT2D eigenvalue weighted by Gasteiger charge is 2.41. The molecule has 0 bridgehead atoms. The number of hydrogen-bond donors (Lipinski definition) is 4. The van der Waals surface area contributed by atoms with Gasteiger partial charge in [-0.25, -0.2) is 0 Å². The Morgan fingerprint density at radius 1 is 0.633 bits per heavy atom. The van der Waals surface area contributed by atoms with Crippen LogP contribution < -0.4 is 0 Å². The summed E-state index contributed by atoms with van der Waals surface area (Å²) in [7, 11) is 2.56. The number of ether oxygens (including phenoxy) is 2. The van der Waals surface area contributed by atoms with E-state index in [1.165, 1.54) is 14.2 Å². The number of carbonyl (C=O) groups excluding carboxylic acids is 2. The van der Waals surface area contributed by atoms with Crippen molar-refractivity contribution < 1.29 is 39.5 Å². The molecule has 8 heteroatoms. The molecule has 0 fully saturated rings. The van der Waals surface area contributed by atoms with E-state index in [-0.39, 0.29) is 0 Å². The van der Waals surface area contributed by atoms with Crippen molar-refractivity contribution in [3.05, 3.63) is 71.8 Å². The van der Waals surface area contributed by atoms with Crippen molar-refractivity contribution in [2.75, 3.05) is 14.2 Å². The number of hydrogen-bond acceptors (Lipinski definition) is 8. The first kappa shape index (κ1) is 23.8. The van der Waals surface area contributed by atoms with Gasteiger partial charge in [0.05, 0.1) is 0 Å². The zero-order valence-electron chi connectivity index (χ0n) is 16.7. The van der Waals surface area contributed by atoms with Crippen molar-refractivity contribution in [3.63, 3.8) is 0 Å². The van der Waals surface area contributed by atoms with E-state index in [0.717, 1.165) is 0 Å². The van der Waals surface area contributed by atoms with E-state index in [4.69, 9.17) is 9.47 Å². The second-order valence-corrected chi connectivity index (χ2v) is 6.73. The molecular formula is C22H26O8. The minimum atomic E-state index is -2.16. The average molecular weight is 418 g/mol. The molecule has 2 aromatic carbocycles. The second-order valence-electron chi connectivity index (χ2n) is 6.73. The van der Waals surface area contributed by atoms with Crippen molar-refractivity contribution >= 4 is 11.6 Å². The lowest BCUT2D eigenvalue weighted by Crippen LogP contribution is -2.49. The number of rotatable bonds is 11. The molecule has 2 rings (SSSR count). The number of benzene rings is 2. The van der Waals surface area contributed by atoms with Crippen LogP contribution in [-0.2, 0) is 19.1 Å². The fourth-order valence-electron chi connectivity index (χ4n) is 3.16. The van der Waals surface area contributed by atoms with Crippen LogP contribution in [0.4, 0.5) is 0 Å². The molecule has 4 unspecified atom stereocenters. The molecule has 6 atom stereocenters. The summed E-state index contributed by atoms with van der Waals surface area (Å²) < 4.78 is 10.3. The monoisotopic (exact) mass is 418 g/mol. The Hall–Kier alpha value is -2.46. The van der Waals surface area contributed by atoms with Gasteiger partial charge in [-0.15, -0.1) is 0 Å². The van der Waals surface area contributed by atoms with Crippen LogP contribution >= 0.6 is 0 Å². The zero-order chi connectivity index (χ0) is 22.3. The van der Waals surface area contributed by atoms with E-state index in [1.807, 2.05) is 0 Å². The fourth-order valence-corrected chi connectivity index (χ4v) is 3.16. The van der Waals surface area contributed by atoms with E-state index in [1.54, 1.807) is 60.7 Å². The topological polar surface area (TPSA) is 134 Å². The molecule has 8 nitrogen and oxygen atoms in total. The van der Waals surface area contributed by atoms with Gasteiger partial charge in [0.25, 0.3) is 0 Å². The largest absolute Gasteiger partial charge is 0.387 e. The number of aliphatic hydroxyl groups excluding tert-OH is 4. The highest BCUT2D eigenvalue weighted by atomic mass is 16.5. The maximum absolute atomic E-state index is 12.4. The Bertz CT molecular complexity index is 741. The molecule has 0 aliphatic carbocycles. The maximum atomic E-state index is 12.4. The van der Waals surface area contributed by atoms with Crippen LogP contribution in [0.25, 0.3) is 0 Å². The van der Waals surface area contributed by atoms with Gasteiger partial charge in [-0.2, -0.15) is 0 Å². The second kappa shape index (κ2) is 11.1. The Morgan fingerprint density at radius 3 is 1.20 bits per heavy atom. The lowest BCUT2D eigenvalue weighted by molar-refractivity contribution is -0.159. The molecular weight excluding hydrogens is 392 g/mol. The lowest BCUT2D eigenvalue weighted by Gasteiger charge is -2.27. The molecule has 0 aliphatic heterocycles. The quantitative estimate of drug-likeness (QED) is 0.384. The van der Waals surface area contributed by atoms with Gasteiger partial charge in [0.1, 0.15) is 36.6 Å². The van der Waals surface area contributed by atoms with Gasteiger partial charge in [-0.3, -0.25) is 9.59 Å². The molecule has 0 spiro atoms. The van der Waals surface area contributed by atoms with E-state index in [0.29, 0.717) is 11.1 Å². The van der Waals surface area contributed by atoms with E-state index in [2.05, 4.69) is 0 Å². The zero-order valence-corrected chi connectivity index (χ0v) is 16.7. The van der Waals surface area contributed by atoms with Gasteiger partial charge in [0.15, 0.2) is 0 Å². The number of carbonyl (C=O) groups is 2. The summed E-state index contributed by atoms with van der Waals surface area (Å²) in [6.45, 7) is 0. The molecule has 0 aliphatic rings. The van der Waals surface area contributed by atoms with Crippen LogP contribution in [0, 0.1) is 0 Å². The SMILES string of the molecule is COC(c1ccccc1)C(O)[C@H](O)C(=O)C(=O)[C@H](O)C(O)C(OC)c1ccccc1. The number of methoxy groups -OCH3 is 2. The van der Waals surface area contributed by atoms with E-state index in [9.17, 15) is 30.0 Å². The van der Waals surface area contributed by atoms with Crippen LogP contribution in [0.5, 0.6) is 0 Å². The van der Waals surface area contributed by atoms with Crippen molar-refractivity contribution in [3.8, 4) is 0 Å². The molecule has 2 aromatic rings. The fraction of sp³-hybridized carbons (Fsp3) is 0.364. The summed E-state index contributed by atoms with van der Waals surface area (Å²) in [5, 5.41) is 41.3. The van der Waals surface area contributed by atoms with E-state index >= 15 is 0 Å². The van der Waals surface area contributed by atoms with Gasteiger partial charge in [0, 0.05) is 14.2 Å². The van der Waals surface area contributed by atoms with Gasteiger partial charge in [-0.05, 0) is 11.1 Å². The Labute approximate surface area is 174 Å². The highest BCUT2D eigenvalue weighted by molar-refractivity contribution is 6.40. The van der Waals surface area contributed by atoms with Crippen molar-refractivity contribution in [2.45, 2.75) is 36.6 Å². The molecule has 30 heavy (non-hydrogen) atoms. The normalized spacial score (nSPS) is 17.4.